The first-order valence-corrected chi connectivity index (χ1v) is 7.42. The highest BCUT2D eigenvalue weighted by Gasteiger charge is 2.03. The van der Waals surface area contributed by atoms with E-state index in [1.165, 1.54) is 33.0 Å². The first kappa shape index (κ1) is 12.9. The van der Waals surface area contributed by atoms with Crippen molar-refractivity contribution in [2.24, 2.45) is 0 Å². The number of benzene rings is 3. The van der Waals surface area contributed by atoms with Crippen LogP contribution in [-0.4, -0.2) is 0 Å². The van der Waals surface area contributed by atoms with E-state index in [0.717, 1.165) is 12.8 Å². The van der Waals surface area contributed by atoms with E-state index < -0.39 is 0 Å². The molecule has 3 aromatic rings. The Morgan fingerprint density at radius 1 is 0.600 bits per heavy atom. The fourth-order valence-corrected chi connectivity index (χ4v) is 2.71. The Hall–Kier alpha value is -2.08. The van der Waals surface area contributed by atoms with E-state index in [1.807, 2.05) is 0 Å². The van der Waals surface area contributed by atoms with Crippen LogP contribution in [0.5, 0.6) is 0 Å². The van der Waals surface area contributed by atoms with E-state index in [4.69, 9.17) is 0 Å². The summed E-state index contributed by atoms with van der Waals surface area (Å²) >= 11 is 0. The van der Waals surface area contributed by atoms with Gasteiger partial charge in [-0.1, -0.05) is 68.4 Å². The Morgan fingerprint density at radius 2 is 1.25 bits per heavy atom. The first-order valence-electron chi connectivity index (χ1n) is 7.42. The van der Waals surface area contributed by atoms with E-state index in [-0.39, 0.29) is 0 Å². The van der Waals surface area contributed by atoms with Gasteiger partial charge in [0.05, 0.1) is 0 Å². The second kappa shape index (κ2) is 5.50. The van der Waals surface area contributed by atoms with Gasteiger partial charge in [-0.05, 0) is 51.9 Å². The van der Waals surface area contributed by atoms with Crippen molar-refractivity contribution in [2.75, 3.05) is 0 Å². The van der Waals surface area contributed by atoms with Crippen molar-refractivity contribution in [1.82, 2.24) is 0 Å². The quantitative estimate of drug-likeness (QED) is 0.572. The first-order chi connectivity index (χ1) is 9.80. The highest BCUT2D eigenvalue weighted by atomic mass is 14.1. The summed E-state index contributed by atoms with van der Waals surface area (Å²) < 4.78 is 0. The molecule has 100 valence electrons. The minimum atomic E-state index is 1.09. The van der Waals surface area contributed by atoms with Crippen molar-refractivity contribution in [2.45, 2.75) is 26.7 Å². The summed E-state index contributed by atoms with van der Waals surface area (Å²) in [4.78, 5) is 0. The van der Waals surface area contributed by atoms with Gasteiger partial charge in [0.25, 0.3) is 0 Å². The topological polar surface area (TPSA) is 0 Å². The molecule has 0 amide bonds. The third kappa shape index (κ3) is 2.46. The van der Waals surface area contributed by atoms with Crippen molar-refractivity contribution in [3.63, 3.8) is 0 Å². The Kier molecular flexibility index (Phi) is 3.56. The van der Waals surface area contributed by atoms with Crippen molar-refractivity contribution in [3.8, 4) is 11.1 Å². The normalized spacial score (nSPS) is 10.9. The largest absolute Gasteiger partial charge is 0.0616 e. The summed E-state index contributed by atoms with van der Waals surface area (Å²) in [6, 6.07) is 22.3. The number of rotatable bonds is 3. The summed E-state index contributed by atoms with van der Waals surface area (Å²) in [7, 11) is 0. The van der Waals surface area contributed by atoms with Gasteiger partial charge >= 0.3 is 0 Å². The maximum absolute atomic E-state index is 2.32. The summed E-state index contributed by atoms with van der Waals surface area (Å²) in [5.74, 6) is 0. The molecule has 0 atom stereocenters. The second-order valence-electron chi connectivity index (χ2n) is 5.31. The van der Waals surface area contributed by atoms with Gasteiger partial charge in [0.1, 0.15) is 0 Å². The Balaban J connectivity index is 2.14. The predicted octanol–water partition coefficient (Wildman–Crippen LogP) is 5.63. The van der Waals surface area contributed by atoms with Crippen LogP contribution in [0, 0.1) is 0 Å². The van der Waals surface area contributed by atoms with Gasteiger partial charge in [0, 0.05) is 0 Å². The van der Waals surface area contributed by atoms with Gasteiger partial charge in [-0.25, -0.2) is 0 Å². The molecule has 0 N–H and O–H groups in total. The molecule has 0 aliphatic carbocycles. The van der Waals surface area contributed by atoms with Crippen LogP contribution in [0.2, 0.25) is 0 Å². The minimum absolute atomic E-state index is 1.09. The zero-order valence-electron chi connectivity index (χ0n) is 12.2. The molecule has 20 heavy (non-hydrogen) atoms. The predicted molar refractivity (Wildman–Crippen MR) is 88.1 cm³/mol. The number of hydrogen-bond donors (Lipinski definition) is 0. The Labute approximate surface area is 121 Å². The van der Waals surface area contributed by atoms with Crippen LogP contribution in [0.15, 0.2) is 60.7 Å². The standard InChI is InChI=1S/C20H20/c1-3-15-11-16(4-2)13-20(12-15)19-10-9-17-7-5-6-8-18(17)14-19/h5-14H,3-4H2,1-2H3. The monoisotopic (exact) mass is 260 g/mol. The Morgan fingerprint density at radius 3 is 1.90 bits per heavy atom. The zero-order chi connectivity index (χ0) is 13.9. The maximum atomic E-state index is 2.32. The lowest BCUT2D eigenvalue weighted by molar-refractivity contribution is 1.09. The highest BCUT2D eigenvalue weighted by Crippen LogP contribution is 2.26. The average Bonchev–Trinajstić information content (AvgIpc) is 2.53. The van der Waals surface area contributed by atoms with Crippen LogP contribution in [0.25, 0.3) is 21.9 Å². The number of aryl methyl sites for hydroxylation is 2. The van der Waals surface area contributed by atoms with Crippen molar-refractivity contribution in [3.05, 3.63) is 71.8 Å². The molecule has 0 bridgehead atoms. The fraction of sp³-hybridized carbons (Fsp3) is 0.200. The molecule has 0 saturated carbocycles. The molecule has 0 unspecified atom stereocenters. The van der Waals surface area contributed by atoms with E-state index >= 15 is 0 Å². The van der Waals surface area contributed by atoms with E-state index in [2.05, 4.69) is 74.5 Å². The molecule has 0 fully saturated rings. The number of hydrogen-bond acceptors (Lipinski definition) is 0. The molecule has 0 nitrogen and oxygen atoms in total. The molecule has 0 heteroatoms. The van der Waals surface area contributed by atoms with E-state index in [1.54, 1.807) is 0 Å². The molecule has 0 saturated heterocycles. The molecule has 3 rings (SSSR count). The van der Waals surface area contributed by atoms with Gasteiger partial charge in [-0.2, -0.15) is 0 Å². The van der Waals surface area contributed by atoms with Crippen LogP contribution in [0.1, 0.15) is 25.0 Å². The van der Waals surface area contributed by atoms with Crippen molar-refractivity contribution < 1.29 is 0 Å². The highest BCUT2D eigenvalue weighted by molar-refractivity contribution is 5.87. The minimum Gasteiger partial charge on any atom is -0.0616 e. The van der Waals surface area contributed by atoms with Crippen LogP contribution in [-0.2, 0) is 12.8 Å². The SMILES string of the molecule is CCc1cc(CC)cc(-c2ccc3ccccc3c2)c1. The summed E-state index contributed by atoms with van der Waals surface area (Å²) in [5, 5.41) is 2.61. The smallest absolute Gasteiger partial charge is 0.0177 e. The second-order valence-corrected chi connectivity index (χ2v) is 5.31. The maximum Gasteiger partial charge on any atom is -0.0177 e. The van der Waals surface area contributed by atoms with Gasteiger partial charge in [0.15, 0.2) is 0 Å². The Bertz CT molecular complexity index is 716. The average molecular weight is 260 g/mol. The summed E-state index contributed by atoms with van der Waals surface area (Å²) in [6.45, 7) is 4.44. The van der Waals surface area contributed by atoms with Gasteiger partial charge in [0.2, 0.25) is 0 Å². The van der Waals surface area contributed by atoms with E-state index in [0.29, 0.717) is 0 Å². The van der Waals surface area contributed by atoms with Crippen LogP contribution in [0.4, 0.5) is 0 Å². The number of fused-ring (bicyclic) bond motifs is 1. The van der Waals surface area contributed by atoms with E-state index in [9.17, 15) is 0 Å². The van der Waals surface area contributed by atoms with Gasteiger partial charge in [-0.3, -0.25) is 0 Å². The molecule has 3 aromatic carbocycles. The lowest BCUT2D eigenvalue weighted by Gasteiger charge is -2.09. The molecule has 0 aromatic heterocycles. The lowest BCUT2D eigenvalue weighted by Crippen LogP contribution is -1.89. The van der Waals surface area contributed by atoms with Crippen LogP contribution < -0.4 is 0 Å². The molecular formula is C20H20. The van der Waals surface area contributed by atoms with Crippen LogP contribution >= 0.6 is 0 Å². The van der Waals surface area contributed by atoms with Gasteiger partial charge < -0.3 is 0 Å². The molecule has 0 aliphatic rings. The molecule has 0 aliphatic heterocycles. The van der Waals surface area contributed by atoms with Crippen molar-refractivity contribution >= 4 is 10.8 Å². The molecule has 0 heterocycles. The molecular weight excluding hydrogens is 240 g/mol. The van der Waals surface area contributed by atoms with Gasteiger partial charge in [-0.15, -0.1) is 0 Å². The zero-order valence-corrected chi connectivity index (χ0v) is 12.2. The third-order valence-electron chi connectivity index (χ3n) is 3.95. The van der Waals surface area contributed by atoms with Crippen molar-refractivity contribution in [1.29, 1.82) is 0 Å². The molecule has 0 spiro atoms. The summed E-state index contributed by atoms with van der Waals surface area (Å²) in [6.07, 6.45) is 2.18. The third-order valence-corrected chi connectivity index (χ3v) is 3.95. The van der Waals surface area contributed by atoms with Crippen LogP contribution in [0.3, 0.4) is 0 Å². The fourth-order valence-electron chi connectivity index (χ4n) is 2.71. The molecule has 0 radical (unpaired) electrons. The summed E-state index contributed by atoms with van der Waals surface area (Å²) in [5.41, 5.74) is 5.50. The lowest BCUT2D eigenvalue weighted by atomic mass is 9.96.